The number of aromatic nitrogens is 3. The molecule has 0 unspecified atom stereocenters. The molecule has 0 bridgehead atoms. The van der Waals surface area contributed by atoms with Gasteiger partial charge in [-0.15, -0.1) is 0 Å². The minimum absolute atomic E-state index is 0.388. The molecule has 0 fully saturated rings. The highest BCUT2D eigenvalue weighted by Gasteiger charge is 2.10. The molecule has 1 aromatic rings. The average Bonchev–Trinajstić information content (AvgIpc) is 2.58. The van der Waals surface area contributed by atoms with Crippen LogP contribution in [0.3, 0.4) is 0 Å². The van der Waals surface area contributed by atoms with Crippen molar-refractivity contribution in [3.05, 3.63) is 12.2 Å². The molecule has 0 radical (unpaired) electrons. The van der Waals surface area contributed by atoms with E-state index in [4.69, 9.17) is 0 Å². The first-order valence-corrected chi connectivity index (χ1v) is 6.46. The lowest BCUT2D eigenvalue weighted by atomic mass is 9.92. The van der Waals surface area contributed by atoms with Crippen LogP contribution in [0.5, 0.6) is 0 Å². The van der Waals surface area contributed by atoms with Crippen molar-refractivity contribution in [3.8, 4) is 0 Å². The van der Waals surface area contributed by atoms with Crippen LogP contribution in [0.4, 0.5) is 0 Å². The maximum Gasteiger partial charge on any atom is 0.140 e. The lowest BCUT2D eigenvalue weighted by Gasteiger charge is -2.18. The van der Waals surface area contributed by atoms with Gasteiger partial charge in [-0.2, -0.15) is 5.10 Å². The molecule has 0 aliphatic heterocycles. The molecule has 0 spiro atoms. The van der Waals surface area contributed by atoms with E-state index in [2.05, 4.69) is 50.0 Å². The normalized spacial score (nSPS) is 12.4. The minimum atomic E-state index is 0.388. The number of rotatable bonds is 6. The second-order valence-electron chi connectivity index (χ2n) is 6.24. The highest BCUT2D eigenvalue weighted by atomic mass is 15.3. The topological polar surface area (TPSA) is 42.7 Å². The van der Waals surface area contributed by atoms with Gasteiger partial charge in [0.1, 0.15) is 12.2 Å². The van der Waals surface area contributed by atoms with Crippen LogP contribution in [-0.2, 0) is 13.1 Å². The molecule has 4 nitrogen and oxygen atoms in total. The van der Waals surface area contributed by atoms with Gasteiger partial charge >= 0.3 is 0 Å². The summed E-state index contributed by atoms with van der Waals surface area (Å²) in [6, 6.07) is 0. The largest absolute Gasteiger partial charge is 0.310 e. The third-order valence-corrected chi connectivity index (χ3v) is 2.57. The van der Waals surface area contributed by atoms with E-state index in [1.54, 1.807) is 6.33 Å². The standard InChI is InChI=1S/C13H26N4/c1-11(2)9-17-12(15-10-16-17)8-14-7-6-13(3,4)5/h10-11,14H,6-9H2,1-5H3. The minimum Gasteiger partial charge on any atom is -0.310 e. The van der Waals surface area contributed by atoms with Gasteiger partial charge in [0, 0.05) is 6.54 Å². The summed E-state index contributed by atoms with van der Waals surface area (Å²) < 4.78 is 1.99. The van der Waals surface area contributed by atoms with Gasteiger partial charge in [-0.3, -0.25) is 0 Å². The molecular formula is C13H26N4. The van der Waals surface area contributed by atoms with E-state index < -0.39 is 0 Å². The fourth-order valence-electron chi connectivity index (χ4n) is 1.59. The number of nitrogens with zero attached hydrogens (tertiary/aromatic N) is 3. The summed E-state index contributed by atoms with van der Waals surface area (Å²) in [6.45, 7) is 13.9. The van der Waals surface area contributed by atoms with E-state index in [1.807, 2.05) is 4.68 Å². The maximum atomic E-state index is 4.29. The van der Waals surface area contributed by atoms with Crippen LogP contribution in [0.25, 0.3) is 0 Å². The van der Waals surface area contributed by atoms with E-state index in [0.717, 1.165) is 25.5 Å². The van der Waals surface area contributed by atoms with Gasteiger partial charge in [-0.25, -0.2) is 9.67 Å². The quantitative estimate of drug-likeness (QED) is 0.774. The Morgan fingerprint density at radius 2 is 2.06 bits per heavy atom. The summed E-state index contributed by atoms with van der Waals surface area (Å²) >= 11 is 0. The summed E-state index contributed by atoms with van der Waals surface area (Å²) in [5.41, 5.74) is 0.388. The SMILES string of the molecule is CC(C)Cn1ncnc1CNCCC(C)(C)C. The van der Waals surface area contributed by atoms with Gasteiger partial charge in [-0.1, -0.05) is 34.6 Å². The van der Waals surface area contributed by atoms with Crippen molar-refractivity contribution in [2.24, 2.45) is 11.3 Å². The molecule has 0 aromatic carbocycles. The molecule has 4 heteroatoms. The maximum absolute atomic E-state index is 4.29. The Kier molecular flexibility index (Phi) is 5.12. The van der Waals surface area contributed by atoms with Crippen molar-refractivity contribution in [1.82, 2.24) is 20.1 Å². The Morgan fingerprint density at radius 1 is 1.35 bits per heavy atom. The van der Waals surface area contributed by atoms with Crippen molar-refractivity contribution < 1.29 is 0 Å². The third kappa shape index (κ3) is 5.82. The highest BCUT2D eigenvalue weighted by molar-refractivity contribution is 4.84. The van der Waals surface area contributed by atoms with Crippen molar-refractivity contribution in [2.75, 3.05) is 6.54 Å². The van der Waals surface area contributed by atoms with Crippen molar-refractivity contribution in [1.29, 1.82) is 0 Å². The Hall–Kier alpha value is -0.900. The van der Waals surface area contributed by atoms with E-state index >= 15 is 0 Å². The first-order valence-electron chi connectivity index (χ1n) is 6.46. The lowest BCUT2D eigenvalue weighted by Crippen LogP contribution is -2.23. The molecule has 1 N–H and O–H groups in total. The summed E-state index contributed by atoms with van der Waals surface area (Å²) in [6.07, 6.45) is 2.81. The van der Waals surface area contributed by atoms with Crippen LogP contribution in [-0.4, -0.2) is 21.3 Å². The van der Waals surface area contributed by atoms with Crippen LogP contribution in [0.1, 0.15) is 46.9 Å². The molecule has 0 saturated carbocycles. The zero-order valence-electron chi connectivity index (χ0n) is 11.8. The summed E-state index contributed by atoms with van der Waals surface area (Å²) in [5.74, 6) is 1.64. The summed E-state index contributed by atoms with van der Waals surface area (Å²) in [7, 11) is 0. The van der Waals surface area contributed by atoms with Gasteiger partial charge in [-0.05, 0) is 24.3 Å². The van der Waals surface area contributed by atoms with Crippen molar-refractivity contribution in [3.63, 3.8) is 0 Å². The number of nitrogens with one attached hydrogen (secondary N) is 1. The lowest BCUT2D eigenvalue weighted by molar-refractivity contribution is 0.363. The summed E-state index contributed by atoms with van der Waals surface area (Å²) in [4.78, 5) is 4.29. The Labute approximate surface area is 105 Å². The first-order chi connectivity index (χ1) is 7.88. The van der Waals surface area contributed by atoms with Crippen molar-refractivity contribution >= 4 is 0 Å². The Bertz CT molecular complexity index is 322. The number of hydrogen-bond donors (Lipinski definition) is 1. The predicted molar refractivity (Wildman–Crippen MR) is 70.6 cm³/mol. The zero-order chi connectivity index (χ0) is 12.9. The predicted octanol–water partition coefficient (Wildman–Crippen LogP) is 2.46. The summed E-state index contributed by atoms with van der Waals surface area (Å²) in [5, 5.41) is 7.68. The van der Waals surface area contributed by atoms with Crippen molar-refractivity contribution in [2.45, 2.75) is 54.1 Å². The molecule has 0 saturated heterocycles. The molecule has 1 aromatic heterocycles. The molecule has 0 aliphatic carbocycles. The smallest absolute Gasteiger partial charge is 0.140 e. The fraction of sp³-hybridized carbons (Fsp3) is 0.846. The van der Waals surface area contributed by atoms with Crippen LogP contribution in [0.15, 0.2) is 6.33 Å². The van der Waals surface area contributed by atoms with Gasteiger partial charge in [0.15, 0.2) is 0 Å². The van der Waals surface area contributed by atoms with Gasteiger partial charge < -0.3 is 5.32 Å². The average molecular weight is 238 g/mol. The molecule has 1 rings (SSSR count). The second-order valence-corrected chi connectivity index (χ2v) is 6.24. The fourth-order valence-corrected chi connectivity index (χ4v) is 1.59. The van der Waals surface area contributed by atoms with Crippen LogP contribution >= 0.6 is 0 Å². The monoisotopic (exact) mass is 238 g/mol. The van der Waals surface area contributed by atoms with E-state index in [1.165, 1.54) is 6.42 Å². The molecule has 0 aliphatic rings. The molecule has 1 heterocycles. The highest BCUT2D eigenvalue weighted by Crippen LogP contribution is 2.16. The zero-order valence-corrected chi connectivity index (χ0v) is 11.8. The van der Waals surface area contributed by atoms with Gasteiger partial charge in [0.05, 0.1) is 6.54 Å². The molecular weight excluding hydrogens is 212 g/mol. The second kappa shape index (κ2) is 6.15. The van der Waals surface area contributed by atoms with Crippen LogP contribution in [0.2, 0.25) is 0 Å². The Balaban J connectivity index is 2.34. The van der Waals surface area contributed by atoms with Gasteiger partial charge in [0.25, 0.3) is 0 Å². The van der Waals surface area contributed by atoms with E-state index in [9.17, 15) is 0 Å². The first kappa shape index (κ1) is 14.2. The molecule has 17 heavy (non-hydrogen) atoms. The Morgan fingerprint density at radius 3 is 2.65 bits per heavy atom. The number of hydrogen-bond acceptors (Lipinski definition) is 3. The van der Waals surface area contributed by atoms with Crippen LogP contribution in [0, 0.1) is 11.3 Å². The van der Waals surface area contributed by atoms with E-state index in [0.29, 0.717) is 11.3 Å². The molecule has 0 atom stereocenters. The van der Waals surface area contributed by atoms with Gasteiger partial charge in [0.2, 0.25) is 0 Å². The van der Waals surface area contributed by atoms with E-state index in [-0.39, 0.29) is 0 Å². The third-order valence-electron chi connectivity index (χ3n) is 2.57. The molecule has 98 valence electrons. The van der Waals surface area contributed by atoms with Crippen LogP contribution < -0.4 is 5.32 Å². The molecule has 0 amide bonds.